The van der Waals surface area contributed by atoms with Crippen LogP contribution < -0.4 is 0 Å². The zero-order chi connectivity index (χ0) is 13.3. The maximum atomic E-state index is 12.5. The third-order valence-corrected chi connectivity index (χ3v) is 6.04. The van der Waals surface area contributed by atoms with Crippen LogP contribution in [0.1, 0.15) is 26.2 Å². The van der Waals surface area contributed by atoms with Gasteiger partial charge in [0.1, 0.15) is 0 Å². The van der Waals surface area contributed by atoms with Gasteiger partial charge < -0.3 is 5.11 Å². The van der Waals surface area contributed by atoms with Crippen LogP contribution in [0.15, 0.2) is 29.2 Å². The second-order valence-corrected chi connectivity index (χ2v) is 7.63. The van der Waals surface area contributed by atoms with Gasteiger partial charge in [-0.05, 0) is 49.4 Å². The Bertz CT molecular complexity index is 510. The molecular formula is C13H17ClO3S. The second kappa shape index (κ2) is 5.19. The standard InChI is InChI=1S/C13H17ClO3S/c1-9-2-7-12(15)13(8-9)18(16,17)11-5-3-10(14)4-6-11/h3-6,9,12-13,15H,2,7-8H2,1H3. The molecule has 18 heavy (non-hydrogen) atoms. The predicted molar refractivity (Wildman–Crippen MR) is 71.4 cm³/mol. The van der Waals surface area contributed by atoms with Crippen LogP contribution in [0.2, 0.25) is 5.02 Å². The average Bonchev–Trinajstić information content (AvgIpc) is 2.32. The van der Waals surface area contributed by atoms with Crippen molar-refractivity contribution in [1.82, 2.24) is 0 Å². The van der Waals surface area contributed by atoms with Gasteiger partial charge in [-0.25, -0.2) is 8.42 Å². The van der Waals surface area contributed by atoms with Crippen LogP contribution in [0.25, 0.3) is 0 Å². The van der Waals surface area contributed by atoms with Gasteiger partial charge in [-0.2, -0.15) is 0 Å². The minimum atomic E-state index is -3.47. The lowest BCUT2D eigenvalue weighted by atomic mass is 9.88. The van der Waals surface area contributed by atoms with Gasteiger partial charge in [-0.1, -0.05) is 18.5 Å². The zero-order valence-electron chi connectivity index (χ0n) is 10.2. The van der Waals surface area contributed by atoms with E-state index in [1.54, 1.807) is 12.1 Å². The van der Waals surface area contributed by atoms with Gasteiger partial charge in [-0.15, -0.1) is 0 Å². The van der Waals surface area contributed by atoms with Gasteiger partial charge in [0, 0.05) is 5.02 Å². The van der Waals surface area contributed by atoms with E-state index in [1.807, 2.05) is 6.92 Å². The summed E-state index contributed by atoms with van der Waals surface area (Å²) in [6, 6.07) is 6.13. The molecule has 100 valence electrons. The fourth-order valence-electron chi connectivity index (χ4n) is 2.45. The summed E-state index contributed by atoms with van der Waals surface area (Å²) in [6.07, 6.45) is 1.19. The van der Waals surface area contributed by atoms with Crippen LogP contribution in [0, 0.1) is 5.92 Å². The van der Waals surface area contributed by atoms with Crippen molar-refractivity contribution in [3.05, 3.63) is 29.3 Å². The highest BCUT2D eigenvalue weighted by molar-refractivity contribution is 7.92. The molecule has 0 aromatic heterocycles. The monoisotopic (exact) mass is 288 g/mol. The van der Waals surface area contributed by atoms with Crippen LogP contribution in [0.3, 0.4) is 0 Å². The van der Waals surface area contributed by atoms with Crippen LogP contribution in [-0.4, -0.2) is 24.9 Å². The predicted octanol–water partition coefficient (Wildman–Crippen LogP) is 2.66. The Morgan fingerprint density at radius 2 is 1.83 bits per heavy atom. The third-order valence-electron chi connectivity index (χ3n) is 3.56. The maximum absolute atomic E-state index is 12.5. The molecule has 1 N–H and O–H groups in total. The summed E-state index contributed by atoms with van der Waals surface area (Å²) in [5.74, 6) is 0.334. The number of halogens is 1. The molecule has 0 radical (unpaired) electrons. The van der Waals surface area contributed by atoms with E-state index in [4.69, 9.17) is 11.6 Å². The van der Waals surface area contributed by atoms with E-state index in [0.29, 0.717) is 23.8 Å². The molecule has 1 aliphatic carbocycles. The molecular weight excluding hydrogens is 272 g/mol. The van der Waals surface area contributed by atoms with E-state index in [2.05, 4.69) is 0 Å². The average molecular weight is 289 g/mol. The van der Waals surface area contributed by atoms with Crippen LogP contribution in [0.5, 0.6) is 0 Å². The van der Waals surface area contributed by atoms with Crippen molar-refractivity contribution in [3.8, 4) is 0 Å². The topological polar surface area (TPSA) is 54.4 Å². The Hall–Kier alpha value is -0.580. The first kappa shape index (κ1) is 13.8. The largest absolute Gasteiger partial charge is 0.392 e. The number of hydrogen-bond donors (Lipinski definition) is 1. The summed E-state index contributed by atoms with van der Waals surface area (Å²) in [5, 5.41) is 9.75. The Kier molecular flexibility index (Phi) is 3.99. The van der Waals surface area contributed by atoms with Gasteiger partial charge in [0.15, 0.2) is 9.84 Å². The smallest absolute Gasteiger partial charge is 0.183 e. The fraction of sp³-hybridized carbons (Fsp3) is 0.538. The molecule has 3 nitrogen and oxygen atoms in total. The van der Waals surface area contributed by atoms with E-state index >= 15 is 0 Å². The molecule has 1 aromatic rings. The van der Waals surface area contributed by atoms with Gasteiger partial charge in [0.05, 0.1) is 16.2 Å². The van der Waals surface area contributed by atoms with E-state index in [1.165, 1.54) is 12.1 Å². The van der Waals surface area contributed by atoms with Crippen molar-refractivity contribution >= 4 is 21.4 Å². The van der Waals surface area contributed by atoms with Gasteiger partial charge >= 0.3 is 0 Å². The number of sulfone groups is 1. The lowest BCUT2D eigenvalue weighted by molar-refractivity contribution is 0.116. The molecule has 1 fully saturated rings. The maximum Gasteiger partial charge on any atom is 0.183 e. The third kappa shape index (κ3) is 2.71. The highest BCUT2D eigenvalue weighted by Crippen LogP contribution is 2.32. The van der Waals surface area contributed by atoms with Crippen LogP contribution in [0.4, 0.5) is 0 Å². The molecule has 1 aromatic carbocycles. The zero-order valence-corrected chi connectivity index (χ0v) is 11.8. The summed E-state index contributed by atoms with van der Waals surface area (Å²) in [7, 11) is -3.47. The number of aliphatic hydroxyl groups is 1. The molecule has 3 unspecified atom stereocenters. The van der Waals surface area contributed by atoms with Crippen molar-refractivity contribution < 1.29 is 13.5 Å². The molecule has 3 atom stereocenters. The first-order chi connectivity index (χ1) is 8.41. The number of rotatable bonds is 2. The van der Waals surface area contributed by atoms with Crippen molar-refractivity contribution in [2.24, 2.45) is 5.92 Å². The Morgan fingerprint density at radius 3 is 2.44 bits per heavy atom. The van der Waals surface area contributed by atoms with Crippen molar-refractivity contribution in [2.45, 2.75) is 42.4 Å². The number of aliphatic hydroxyl groups excluding tert-OH is 1. The number of hydrogen-bond acceptors (Lipinski definition) is 3. The Morgan fingerprint density at radius 1 is 1.22 bits per heavy atom. The summed E-state index contributed by atoms with van der Waals surface area (Å²) in [5.41, 5.74) is 0. The molecule has 0 spiro atoms. The lowest BCUT2D eigenvalue weighted by Crippen LogP contribution is -2.39. The molecule has 0 amide bonds. The van der Waals surface area contributed by atoms with Crippen molar-refractivity contribution in [1.29, 1.82) is 0 Å². The second-order valence-electron chi connectivity index (χ2n) is 5.02. The molecule has 2 rings (SSSR count). The summed E-state index contributed by atoms with van der Waals surface area (Å²) >= 11 is 5.76. The lowest BCUT2D eigenvalue weighted by Gasteiger charge is -2.31. The normalized spacial score (nSPS) is 29.2. The molecule has 1 saturated carbocycles. The minimum absolute atomic E-state index is 0.241. The van der Waals surface area contributed by atoms with Crippen LogP contribution >= 0.6 is 11.6 Å². The van der Waals surface area contributed by atoms with Crippen molar-refractivity contribution in [2.75, 3.05) is 0 Å². The SMILES string of the molecule is CC1CCC(O)C(S(=O)(=O)c2ccc(Cl)cc2)C1. The molecule has 0 heterocycles. The van der Waals surface area contributed by atoms with Gasteiger partial charge in [-0.3, -0.25) is 0 Å². The molecule has 0 saturated heterocycles. The quantitative estimate of drug-likeness (QED) is 0.910. The molecule has 0 aliphatic heterocycles. The molecule has 1 aliphatic rings. The van der Waals surface area contributed by atoms with E-state index in [0.717, 1.165) is 6.42 Å². The summed E-state index contributed by atoms with van der Waals surface area (Å²) in [6.45, 7) is 2.02. The molecule has 5 heteroatoms. The van der Waals surface area contributed by atoms with Crippen LogP contribution in [-0.2, 0) is 9.84 Å². The van der Waals surface area contributed by atoms with Gasteiger partial charge in [0.25, 0.3) is 0 Å². The summed E-state index contributed by atoms with van der Waals surface area (Å²) < 4.78 is 24.9. The molecule has 0 bridgehead atoms. The fourth-order valence-corrected chi connectivity index (χ4v) is 4.57. The first-order valence-corrected chi connectivity index (χ1v) is 8.01. The van der Waals surface area contributed by atoms with E-state index in [9.17, 15) is 13.5 Å². The first-order valence-electron chi connectivity index (χ1n) is 6.09. The summed E-state index contributed by atoms with van der Waals surface area (Å²) in [4.78, 5) is 0.241. The van der Waals surface area contributed by atoms with E-state index in [-0.39, 0.29) is 4.90 Å². The van der Waals surface area contributed by atoms with E-state index < -0.39 is 21.2 Å². The highest BCUT2D eigenvalue weighted by atomic mass is 35.5. The number of benzene rings is 1. The van der Waals surface area contributed by atoms with Gasteiger partial charge in [0.2, 0.25) is 0 Å². The van der Waals surface area contributed by atoms with Crippen molar-refractivity contribution in [3.63, 3.8) is 0 Å². The Labute approximate surface area is 113 Å². The minimum Gasteiger partial charge on any atom is -0.392 e. The highest BCUT2D eigenvalue weighted by Gasteiger charge is 2.37. The Balaban J connectivity index is 2.32.